The number of rotatable bonds is 9. The van der Waals surface area contributed by atoms with Gasteiger partial charge in [0.05, 0.1) is 23.8 Å². The second kappa shape index (κ2) is 11.6. The van der Waals surface area contributed by atoms with Crippen molar-refractivity contribution in [2.24, 2.45) is 5.10 Å². The van der Waals surface area contributed by atoms with E-state index in [1.54, 1.807) is 42.5 Å². The number of nitrogens with zero attached hydrogens (tertiary/aromatic N) is 2. The lowest BCUT2D eigenvalue weighted by molar-refractivity contribution is -0.385. The summed E-state index contributed by atoms with van der Waals surface area (Å²) in [7, 11) is 1.42. The van der Waals surface area contributed by atoms with Crippen molar-refractivity contribution in [2.45, 2.75) is 0 Å². The lowest BCUT2D eigenvalue weighted by Crippen LogP contribution is -2.24. The Labute approximate surface area is 202 Å². The van der Waals surface area contributed by atoms with Gasteiger partial charge in [0, 0.05) is 10.5 Å². The molecule has 0 unspecified atom stereocenters. The number of carbonyl (C=O) groups excluding carboxylic acids is 2. The van der Waals surface area contributed by atoms with E-state index in [9.17, 15) is 19.7 Å². The molecule has 10 nitrogen and oxygen atoms in total. The van der Waals surface area contributed by atoms with Crippen molar-refractivity contribution in [1.29, 1.82) is 0 Å². The first kappa shape index (κ1) is 24.4. The molecular weight excluding hydrogens is 510 g/mol. The number of nitro benzene ring substituents is 1. The van der Waals surface area contributed by atoms with E-state index in [-0.39, 0.29) is 22.9 Å². The monoisotopic (exact) mass is 527 g/mol. The van der Waals surface area contributed by atoms with Crippen LogP contribution in [-0.4, -0.2) is 36.7 Å². The van der Waals surface area contributed by atoms with Gasteiger partial charge in [-0.05, 0) is 57.9 Å². The van der Waals surface area contributed by atoms with Crippen molar-refractivity contribution >= 4 is 39.7 Å². The molecule has 3 aromatic rings. The van der Waals surface area contributed by atoms with E-state index < -0.39 is 23.4 Å². The molecule has 0 spiro atoms. The molecule has 0 saturated carbocycles. The lowest BCUT2D eigenvalue weighted by atomic mass is 10.2. The first-order valence-corrected chi connectivity index (χ1v) is 10.5. The summed E-state index contributed by atoms with van der Waals surface area (Å²) in [5.41, 5.74) is 2.94. The molecule has 0 aliphatic carbocycles. The number of nitro groups is 1. The number of amides is 1. The zero-order chi connectivity index (χ0) is 24.5. The normalized spacial score (nSPS) is 10.5. The number of hydrazone groups is 1. The molecule has 11 heteroatoms. The maximum Gasteiger partial charge on any atom is 0.344 e. The molecule has 0 heterocycles. The average molecular weight is 528 g/mol. The number of nitrogens with one attached hydrogen (secondary N) is 1. The van der Waals surface area contributed by atoms with Gasteiger partial charge in [-0.15, -0.1) is 0 Å². The molecule has 0 atom stereocenters. The van der Waals surface area contributed by atoms with Gasteiger partial charge in [0.1, 0.15) is 0 Å². The highest BCUT2D eigenvalue weighted by atomic mass is 79.9. The number of benzene rings is 3. The van der Waals surface area contributed by atoms with Crippen LogP contribution in [0.3, 0.4) is 0 Å². The molecule has 0 aliphatic heterocycles. The van der Waals surface area contributed by atoms with E-state index in [0.29, 0.717) is 15.6 Å². The third kappa shape index (κ3) is 6.39. The third-order valence-corrected chi connectivity index (χ3v) is 5.00. The summed E-state index contributed by atoms with van der Waals surface area (Å²) in [5, 5.41) is 14.8. The number of carbonyl (C=O) groups is 2. The summed E-state index contributed by atoms with van der Waals surface area (Å²) >= 11 is 3.31. The van der Waals surface area contributed by atoms with Gasteiger partial charge in [0.2, 0.25) is 0 Å². The summed E-state index contributed by atoms with van der Waals surface area (Å²) in [4.78, 5) is 34.7. The Morgan fingerprint density at radius 1 is 1.06 bits per heavy atom. The van der Waals surface area contributed by atoms with Crippen molar-refractivity contribution in [3.8, 4) is 17.2 Å². The fourth-order valence-electron chi connectivity index (χ4n) is 2.71. The molecule has 0 saturated heterocycles. The second-order valence-corrected chi connectivity index (χ2v) is 7.44. The summed E-state index contributed by atoms with van der Waals surface area (Å²) in [6.45, 7) is -0.463. The van der Waals surface area contributed by atoms with Gasteiger partial charge in [-0.25, -0.2) is 10.2 Å². The van der Waals surface area contributed by atoms with Crippen LogP contribution in [0.15, 0.2) is 76.3 Å². The smallest absolute Gasteiger partial charge is 0.344 e. The van der Waals surface area contributed by atoms with Crippen LogP contribution in [0.5, 0.6) is 17.2 Å². The van der Waals surface area contributed by atoms with Crippen molar-refractivity contribution in [2.75, 3.05) is 13.7 Å². The number of hydrogen-bond acceptors (Lipinski definition) is 8. The first-order chi connectivity index (χ1) is 16.4. The SMILES string of the molecule is COc1cc(/C=N/NC(=O)COc2ccccc2[N+](=O)[O-])ccc1OC(=O)c1ccccc1Br. The molecule has 34 heavy (non-hydrogen) atoms. The topological polar surface area (TPSA) is 129 Å². The Morgan fingerprint density at radius 2 is 1.79 bits per heavy atom. The number of esters is 1. The molecular formula is C23H18BrN3O7. The van der Waals surface area contributed by atoms with E-state index >= 15 is 0 Å². The molecule has 1 N–H and O–H groups in total. The number of halogens is 1. The fourth-order valence-corrected chi connectivity index (χ4v) is 3.16. The molecule has 3 rings (SSSR count). The fraction of sp³-hybridized carbons (Fsp3) is 0.0870. The number of methoxy groups -OCH3 is 1. The van der Waals surface area contributed by atoms with Crippen molar-refractivity contribution < 1.29 is 28.7 Å². The van der Waals surface area contributed by atoms with Gasteiger partial charge in [-0.1, -0.05) is 24.3 Å². The van der Waals surface area contributed by atoms with Crippen LogP contribution in [-0.2, 0) is 4.79 Å². The van der Waals surface area contributed by atoms with Gasteiger partial charge < -0.3 is 14.2 Å². The summed E-state index contributed by atoms with van der Waals surface area (Å²) < 4.78 is 16.5. The van der Waals surface area contributed by atoms with E-state index in [0.717, 1.165) is 0 Å². The molecule has 0 fully saturated rings. The summed E-state index contributed by atoms with van der Waals surface area (Å²) in [5.74, 6) is -0.694. The van der Waals surface area contributed by atoms with Crippen LogP contribution in [0.1, 0.15) is 15.9 Å². The molecule has 0 aliphatic rings. The van der Waals surface area contributed by atoms with Crippen LogP contribution in [0.2, 0.25) is 0 Å². The van der Waals surface area contributed by atoms with Crippen LogP contribution in [0.25, 0.3) is 0 Å². The van der Waals surface area contributed by atoms with Crippen LogP contribution < -0.4 is 19.6 Å². The Morgan fingerprint density at radius 3 is 2.53 bits per heavy atom. The Balaban J connectivity index is 1.59. The molecule has 174 valence electrons. The average Bonchev–Trinajstić information content (AvgIpc) is 2.83. The van der Waals surface area contributed by atoms with Crippen molar-refractivity contribution in [3.05, 3.63) is 92.4 Å². The minimum absolute atomic E-state index is 0.0240. The third-order valence-electron chi connectivity index (χ3n) is 4.31. The zero-order valence-electron chi connectivity index (χ0n) is 17.8. The lowest BCUT2D eigenvalue weighted by Gasteiger charge is -2.10. The molecule has 3 aromatic carbocycles. The van der Waals surface area contributed by atoms with Gasteiger partial charge in [0.25, 0.3) is 5.91 Å². The Kier molecular flexibility index (Phi) is 8.30. The van der Waals surface area contributed by atoms with Crippen LogP contribution >= 0.6 is 15.9 Å². The number of para-hydroxylation sites is 2. The van der Waals surface area contributed by atoms with Crippen LogP contribution in [0, 0.1) is 10.1 Å². The maximum absolute atomic E-state index is 12.4. The van der Waals surface area contributed by atoms with Crippen molar-refractivity contribution in [1.82, 2.24) is 5.43 Å². The van der Waals surface area contributed by atoms with E-state index in [2.05, 4.69) is 26.5 Å². The maximum atomic E-state index is 12.4. The quantitative estimate of drug-likeness (QED) is 0.145. The second-order valence-electron chi connectivity index (χ2n) is 6.59. The predicted octanol–water partition coefficient (Wildman–Crippen LogP) is 4.11. The van der Waals surface area contributed by atoms with Crippen LogP contribution in [0.4, 0.5) is 5.69 Å². The highest BCUT2D eigenvalue weighted by Gasteiger charge is 2.16. The molecule has 0 radical (unpaired) electrons. The van der Waals surface area contributed by atoms with E-state index in [1.165, 1.54) is 37.6 Å². The van der Waals surface area contributed by atoms with E-state index in [1.807, 2.05) is 0 Å². The minimum Gasteiger partial charge on any atom is -0.493 e. The number of hydrogen-bond donors (Lipinski definition) is 1. The first-order valence-electron chi connectivity index (χ1n) is 9.72. The largest absolute Gasteiger partial charge is 0.493 e. The highest BCUT2D eigenvalue weighted by Crippen LogP contribution is 2.29. The van der Waals surface area contributed by atoms with Gasteiger partial charge in [-0.2, -0.15) is 5.10 Å². The summed E-state index contributed by atoms with van der Waals surface area (Å²) in [6, 6.07) is 17.3. The zero-order valence-corrected chi connectivity index (χ0v) is 19.4. The van der Waals surface area contributed by atoms with Gasteiger partial charge in [0.15, 0.2) is 23.9 Å². The molecule has 0 aromatic heterocycles. The van der Waals surface area contributed by atoms with Gasteiger partial charge >= 0.3 is 11.7 Å². The molecule has 1 amide bonds. The Bertz CT molecular complexity index is 1250. The minimum atomic E-state index is -0.611. The predicted molar refractivity (Wildman–Crippen MR) is 126 cm³/mol. The summed E-state index contributed by atoms with van der Waals surface area (Å²) in [6.07, 6.45) is 1.35. The highest BCUT2D eigenvalue weighted by molar-refractivity contribution is 9.10. The van der Waals surface area contributed by atoms with Gasteiger partial charge in [-0.3, -0.25) is 14.9 Å². The Hall–Kier alpha value is -4.25. The number of ether oxygens (including phenoxy) is 3. The van der Waals surface area contributed by atoms with Crippen molar-refractivity contribution in [3.63, 3.8) is 0 Å². The molecule has 0 bridgehead atoms. The standard InChI is InChI=1S/C23H18BrN3O7/c1-32-21-12-15(10-11-20(21)34-23(29)16-6-2-3-7-17(16)24)13-25-26-22(28)14-33-19-9-5-4-8-18(19)27(30)31/h2-13H,14H2,1H3,(H,26,28)/b25-13+. The van der Waals surface area contributed by atoms with E-state index in [4.69, 9.17) is 14.2 Å².